The third kappa shape index (κ3) is 5.32. The highest BCUT2D eigenvalue weighted by Gasteiger charge is 2.27. The minimum atomic E-state index is -0.480. The maximum atomic E-state index is 12.6. The molecule has 0 spiro atoms. The van der Waals surface area contributed by atoms with Crippen LogP contribution in [0.3, 0.4) is 0 Å². The van der Waals surface area contributed by atoms with Gasteiger partial charge in [0.1, 0.15) is 6.04 Å². The fourth-order valence-corrected chi connectivity index (χ4v) is 3.60. The summed E-state index contributed by atoms with van der Waals surface area (Å²) >= 11 is 0. The van der Waals surface area contributed by atoms with Crippen LogP contribution in [0.25, 0.3) is 10.9 Å². The monoisotopic (exact) mass is 370 g/mol. The van der Waals surface area contributed by atoms with E-state index in [0.29, 0.717) is 18.9 Å². The van der Waals surface area contributed by atoms with E-state index >= 15 is 0 Å². The van der Waals surface area contributed by atoms with E-state index in [9.17, 15) is 9.59 Å². The smallest absolute Gasteiger partial charge is 0.242 e. The molecule has 2 heterocycles. The molecule has 6 nitrogen and oxygen atoms in total. The second kappa shape index (κ2) is 9.04. The Morgan fingerprint density at radius 2 is 2.11 bits per heavy atom. The van der Waals surface area contributed by atoms with Gasteiger partial charge in [-0.3, -0.25) is 9.59 Å². The van der Waals surface area contributed by atoms with E-state index in [-0.39, 0.29) is 17.9 Å². The number of nitrogens with one attached hydrogen (secondary N) is 4. The van der Waals surface area contributed by atoms with Crippen molar-refractivity contribution < 1.29 is 9.59 Å². The van der Waals surface area contributed by atoms with Crippen LogP contribution in [0.4, 0.5) is 0 Å². The van der Waals surface area contributed by atoms with Gasteiger partial charge in [-0.2, -0.15) is 0 Å². The maximum absolute atomic E-state index is 12.6. The second-order valence-electron chi connectivity index (χ2n) is 7.78. The molecule has 0 unspecified atom stereocenters. The quantitative estimate of drug-likeness (QED) is 0.574. The highest BCUT2D eigenvalue weighted by Crippen LogP contribution is 2.14. The van der Waals surface area contributed by atoms with Crippen molar-refractivity contribution in [3.63, 3.8) is 0 Å². The topological polar surface area (TPSA) is 86.0 Å². The van der Waals surface area contributed by atoms with E-state index in [1.165, 1.54) is 10.9 Å². The molecule has 2 amide bonds. The van der Waals surface area contributed by atoms with Gasteiger partial charge in [0, 0.05) is 18.3 Å². The molecule has 0 saturated carbocycles. The first kappa shape index (κ1) is 19.4. The lowest BCUT2D eigenvalue weighted by Crippen LogP contribution is -2.52. The van der Waals surface area contributed by atoms with Gasteiger partial charge in [0.25, 0.3) is 0 Å². The first-order chi connectivity index (χ1) is 13.0. The molecule has 1 aliphatic heterocycles. The van der Waals surface area contributed by atoms with Crippen LogP contribution in [-0.4, -0.2) is 42.0 Å². The van der Waals surface area contributed by atoms with Crippen molar-refractivity contribution in [3.05, 3.63) is 36.0 Å². The summed E-state index contributed by atoms with van der Waals surface area (Å²) in [6, 6.07) is 7.67. The molecule has 1 aromatic heterocycles. The van der Waals surface area contributed by atoms with Gasteiger partial charge in [0.15, 0.2) is 0 Å². The highest BCUT2D eigenvalue weighted by atomic mass is 16.2. The van der Waals surface area contributed by atoms with Crippen LogP contribution < -0.4 is 16.0 Å². The van der Waals surface area contributed by atoms with Crippen LogP contribution in [0.15, 0.2) is 30.5 Å². The number of benzene rings is 1. The number of rotatable bonds is 8. The van der Waals surface area contributed by atoms with Gasteiger partial charge in [-0.05, 0) is 67.3 Å². The minimum absolute atomic E-state index is 0.0637. The maximum Gasteiger partial charge on any atom is 0.242 e. The number of aromatic amines is 1. The summed E-state index contributed by atoms with van der Waals surface area (Å²) in [5, 5.41) is 10.3. The normalized spacial score (nSPS) is 18.0. The van der Waals surface area contributed by atoms with Crippen molar-refractivity contribution in [2.24, 2.45) is 5.92 Å². The first-order valence-electron chi connectivity index (χ1n) is 9.90. The SMILES string of the molecule is CC(C)C[C@H](NC(=O)[C@@H]1CCCN1)C(=O)NCCc1ccc2[nH]ccc2c1. The van der Waals surface area contributed by atoms with Gasteiger partial charge in [0.05, 0.1) is 6.04 Å². The Hall–Kier alpha value is -2.34. The summed E-state index contributed by atoms with van der Waals surface area (Å²) in [4.78, 5) is 28.2. The zero-order valence-corrected chi connectivity index (χ0v) is 16.2. The van der Waals surface area contributed by atoms with E-state index in [1.807, 2.05) is 12.3 Å². The molecular formula is C21H30N4O2. The Bertz CT molecular complexity index is 777. The van der Waals surface area contributed by atoms with Crippen molar-refractivity contribution in [2.45, 2.75) is 51.6 Å². The molecule has 1 fully saturated rings. The fourth-order valence-electron chi connectivity index (χ4n) is 3.60. The average Bonchev–Trinajstić information content (AvgIpc) is 3.32. The van der Waals surface area contributed by atoms with Crippen LogP contribution in [0.1, 0.15) is 38.7 Å². The summed E-state index contributed by atoms with van der Waals surface area (Å²) in [7, 11) is 0. The number of hydrogen-bond acceptors (Lipinski definition) is 3. The predicted octanol–water partition coefficient (Wildman–Crippen LogP) is 2.11. The van der Waals surface area contributed by atoms with E-state index in [4.69, 9.17) is 0 Å². The van der Waals surface area contributed by atoms with Crippen molar-refractivity contribution in [3.8, 4) is 0 Å². The van der Waals surface area contributed by atoms with E-state index in [0.717, 1.165) is 31.3 Å². The van der Waals surface area contributed by atoms with Gasteiger partial charge in [0.2, 0.25) is 11.8 Å². The standard InChI is InChI=1S/C21H30N4O2/c1-14(2)12-19(25-21(27)18-4-3-9-22-18)20(26)24-10-7-15-5-6-17-16(13-15)8-11-23-17/h5-6,8,11,13-14,18-19,22-23H,3-4,7,9-10,12H2,1-2H3,(H,24,26)(H,25,27)/t18-,19-/m0/s1. The predicted molar refractivity (Wildman–Crippen MR) is 107 cm³/mol. The minimum Gasteiger partial charge on any atom is -0.361 e. The van der Waals surface area contributed by atoms with Crippen LogP contribution in [0.5, 0.6) is 0 Å². The van der Waals surface area contributed by atoms with Crippen LogP contribution in [0, 0.1) is 5.92 Å². The number of carbonyl (C=O) groups excluding carboxylic acids is 2. The van der Waals surface area contributed by atoms with Crippen molar-refractivity contribution in [1.82, 2.24) is 20.9 Å². The fraction of sp³-hybridized carbons (Fsp3) is 0.524. The molecule has 1 aliphatic rings. The highest BCUT2D eigenvalue weighted by molar-refractivity contribution is 5.90. The summed E-state index contributed by atoms with van der Waals surface area (Å²) in [6.07, 6.45) is 5.17. The largest absolute Gasteiger partial charge is 0.361 e. The molecular weight excluding hydrogens is 340 g/mol. The molecule has 6 heteroatoms. The number of H-pyrrole nitrogens is 1. The van der Waals surface area contributed by atoms with Crippen LogP contribution in [-0.2, 0) is 16.0 Å². The number of aromatic nitrogens is 1. The molecule has 0 aliphatic carbocycles. The number of fused-ring (bicyclic) bond motifs is 1. The molecule has 3 rings (SSSR count). The second-order valence-corrected chi connectivity index (χ2v) is 7.78. The lowest BCUT2D eigenvalue weighted by molar-refractivity contribution is -0.130. The Morgan fingerprint density at radius 3 is 2.85 bits per heavy atom. The summed E-state index contributed by atoms with van der Waals surface area (Å²) in [5.41, 5.74) is 2.30. The van der Waals surface area contributed by atoms with E-state index in [2.05, 4.69) is 53.0 Å². The van der Waals surface area contributed by atoms with Crippen molar-refractivity contribution >= 4 is 22.7 Å². The van der Waals surface area contributed by atoms with Crippen molar-refractivity contribution in [1.29, 1.82) is 0 Å². The average molecular weight is 370 g/mol. The molecule has 1 saturated heterocycles. The third-order valence-corrected chi connectivity index (χ3v) is 5.05. The molecule has 0 radical (unpaired) electrons. The molecule has 2 atom stereocenters. The Morgan fingerprint density at radius 1 is 1.26 bits per heavy atom. The number of carbonyl (C=O) groups is 2. The van der Waals surface area contributed by atoms with Gasteiger partial charge in [-0.1, -0.05) is 19.9 Å². The van der Waals surface area contributed by atoms with E-state index < -0.39 is 6.04 Å². The molecule has 2 aromatic rings. The van der Waals surface area contributed by atoms with Gasteiger partial charge in [-0.15, -0.1) is 0 Å². The zero-order valence-electron chi connectivity index (χ0n) is 16.2. The molecule has 0 bridgehead atoms. The summed E-state index contributed by atoms with van der Waals surface area (Å²) in [5.74, 6) is 0.164. The summed E-state index contributed by atoms with van der Waals surface area (Å²) in [6.45, 7) is 5.55. The molecule has 27 heavy (non-hydrogen) atoms. The third-order valence-electron chi connectivity index (χ3n) is 5.05. The van der Waals surface area contributed by atoms with Gasteiger partial charge >= 0.3 is 0 Å². The van der Waals surface area contributed by atoms with Crippen molar-refractivity contribution in [2.75, 3.05) is 13.1 Å². The Kier molecular flexibility index (Phi) is 6.50. The number of amides is 2. The lowest BCUT2D eigenvalue weighted by Gasteiger charge is -2.22. The first-order valence-corrected chi connectivity index (χ1v) is 9.90. The van der Waals surface area contributed by atoms with Crippen LogP contribution in [0.2, 0.25) is 0 Å². The molecule has 4 N–H and O–H groups in total. The van der Waals surface area contributed by atoms with Gasteiger partial charge in [-0.25, -0.2) is 0 Å². The number of hydrogen-bond donors (Lipinski definition) is 4. The van der Waals surface area contributed by atoms with E-state index in [1.54, 1.807) is 0 Å². The van der Waals surface area contributed by atoms with Crippen LogP contribution >= 0.6 is 0 Å². The molecule has 146 valence electrons. The zero-order chi connectivity index (χ0) is 19.2. The lowest BCUT2D eigenvalue weighted by atomic mass is 10.0. The Balaban J connectivity index is 1.52. The van der Waals surface area contributed by atoms with Gasteiger partial charge < -0.3 is 20.9 Å². The summed E-state index contributed by atoms with van der Waals surface area (Å²) < 4.78 is 0. The molecule has 1 aromatic carbocycles. The Labute approximate surface area is 160 Å².